The molecule has 8 heteroatoms. The van der Waals surface area contributed by atoms with Crippen molar-refractivity contribution in [1.29, 1.82) is 0 Å². The molecule has 3 N–H and O–H groups in total. The normalized spacial score (nSPS) is 22.3. The highest BCUT2D eigenvalue weighted by Gasteiger charge is 2.23. The first kappa shape index (κ1) is 24.8. The molecule has 1 saturated carbocycles. The molecule has 1 atom stereocenters. The van der Waals surface area contributed by atoms with Gasteiger partial charge in [-0.15, -0.1) is 0 Å². The summed E-state index contributed by atoms with van der Waals surface area (Å²) in [5, 5.41) is 10.6. The topological polar surface area (TPSA) is 80.3 Å². The second-order valence-corrected chi connectivity index (χ2v) is 9.66. The van der Waals surface area contributed by atoms with Crippen LogP contribution in [0, 0.1) is 11.7 Å². The molecule has 7 nitrogen and oxygen atoms in total. The van der Waals surface area contributed by atoms with E-state index in [0.717, 1.165) is 76.1 Å². The summed E-state index contributed by atoms with van der Waals surface area (Å²) in [7, 11) is 1.74. The van der Waals surface area contributed by atoms with Crippen LogP contribution in [-0.4, -0.2) is 61.6 Å². The predicted octanol–water partition coefficient (Wildman–Crippen LogP) is 4.47. The fourth-order valence-electron chi connectivity index (χ4n) is 4.95. The monoisotopic (exact) mass is 471 g/mol. The number of nitrogens with one attached hydrogen (secondary N) is 3. The lowest BCUT2D eigenvalue weighted by Gasteiger charge is -2.31. The number of pyridine rings is 2. The molecule has 2 aliphatic rings. The lowest BCUT2D eigenvalue weighted by atomic mass is 9.90. The van der Waals surface area contributed by atoms with Crippen LogP contribution in [0.1, 0.15) is 45.4 Å². The summed E-state index contributed by atoms with van der Waals surface area (Å²) in [6.07, 6.45) is 11.3. The second-order valence-electron chi connectivity index (χ2n) is 9.66. The average molecular weight is 472 g/mol. The number of hydrogen-bond acceptors (Lipinski definition) is 7. The molecule has 1 aliphatic carbocycles. The maximum atomic E-state index is 14.7. The number of anilines is 2. The summed E-state index contributed by atoms with van der Waals surface area (Å²) in [5.74, 6) is 0.967. The van der Waals surface area contributed by atoms with Crippen LogP contribution in [0.15, 0.2) is 30.7 Å². The summed E-state index contributed by atoms with van der Waals surface area (Å²) < 4.78 is 25.4. The van der Waals surface area contributed by atoms with Crippen LogP contribution in [0.25, 0.3) is 11.1 Å². The number of nitrogens with zero attached hydrogens (tertiary/aromatic N) is 2. The maximum absolute atomic E-state index is 14.7. The van der Waals surface area contributed by atoms with Gasteiger partial charge in [0.05, 0.1) is 18.5 Å². The van der Waals surface area contributed by atoms with E-state index in [1.807, 2.05) is 6.07 Å². The molecule has 1 saturated heterocycles. The zero-order chi connectivity index (χ0) is 23.8. The van der Waals surface area contributed by atoms with Crippen LogP contribution >= 0.6 is 0 Å². The van der Waals surface area contributed by atoms with Gasteiger partial charge in [0, 0.05) is 68.5 Å². The Morgan fingerprint density at radius 3 is 2.59 bits per heavy atom. The minimum Gasteiger partial charge on any atom is -0.384 e. The van der Waals surface area contributed by atoms with E-state index < -0.39 is 0 Å². The van der Waals surface area contributed by atoms with Crippen LogP contribution in [0.5, 0.6) is 0 Å². The Kier molecular flexibility index (Phi) is 9.07. The highest BCUT2D eigenvalue weighted by Crippen LogP contribution is 2.28. The van der Waals surface area contributed by atoms with Gasteiger partial charge in [0.25, 0.3) is 0 Å². The fourth-order valence-corrected chi connectivity index (χ4v) is 4.95. The first-order valence-corrected chi connectivity index (χ1v) is 12.5. The van der Waals surface area contributed by atoms with Crippen LogP contribution < -0.4 is 16.0 Å². The molecule has 2 aromatic rings. The third-order valence-electron chi connectivity index (χ3n) is 6.86. The summed E-state index contributed by atoms with van der Waals surface area (Å²) in [4.78, 5) is 8.65. The van der Waals surface area contributed by atoms with Gasteiger partial charge in [0.2, 0.25) is 0 Å². The standard InChI is InChI=1S/C26H38FN5O2/c1-18(17-33-2)31-21-3-5-22(6-4-21)32-26-12-24(25(27)16-30-26)20-11-23(15-28-14-20)29-13-19-7-9-34-10-8-19/h11-12,14-16,18-19,21-22,29,31H,3-10,13,17H2,1-2H3,(H,30,32)/t18-,21?,22?/m1/s1. The van der Waals surface area contributed by atoms with Crippen molar-refractivity contribution < 1.29 is 13.9 Å². The van der Waals surface area contributed by atoms with E-state index in [9.17, 15) is 4.39 Å². The highest BCUT2D eigenvalue weighted by molar-refractivity contribution is 5.69. The molecular weight excluding hydrogens is 433 g/mol. The third kappa shape index (κ3) is 7.10. The van der Waals surface area contributed by atoms with E-state index in [1.54, 1.807) is 25.6 Å². The second kappa shape index (κ2) is 12.4. The molecule has 2 aromatic heterocycles. The SMILES string of the molecule is COC[C@@H](C)NC1CCC(Nc2cc(-c3cncc(NCC4CCOCC4)c3)c(F)cn2)CC1. The van der Waals surface area contributed by atoms with E-state index in [1.165, 1.54) is 6.20 Å². The molecule has 186 valence electrons. The van der Waals surface area contributed by atoms with Gasteiger partial charge in [-0.3, -0.25) is 4.98 Å². The molecule has 0 spiro atoms. The van der Waals surface area contributed by atoms with Gasteiger partial charge >= 0.3 is 0 Å². The van der Waals surface area contributed by atoms with Gasteiger partial charge in [-0.1, -0.05) is 0 Å². The highest BCUT2D eigenvalue weighted by atomic mass is 19.1. The number of ether oxygens (including phenoxy) is 2. The van der Waals surface area contributed by atoms with Crippen molar-refractivity contribution in [3.63, 3.8) is 0 Å². The van der Waals surface area contributed by atoms with Crippen molar-refractivity contribution in [2.45, 2.75) is 63.6 Å². The molecule has 0 amide bonds. The van der Waals surface area contributed by atoms with Crippen molar-refractivity contribution in [3.05, 3.63) is 36.5 Å². The van der Waals surface area contributed by atoms with Gasteiger partial charge in [-0.05, 0) is 63.5 Å². The van der Waals surface area contributed by atoms with Gasteiger partial charge < -0.3 is 25.4 Å². The van der Waals surface area contributed by atoms with Crippen molar-refractivity contribution in [2.24, 2.45) is 5.92 Å². The molecule has 0 unspecified atom stereocenters. The number of rotatable bonds is 10. The van der Waals surface area contributed by atoms with Gasteiger partial charge in [-0.25, -0.2) is 9.37 Å². The van der Waals surface area contributed by atoms with E-state index in [4.69, 9.17) is 9.47 Å². The lowest BCUT2D eigenvalue weighted by Crippen LogP contribution is -2.42. The smallest absolute Gasteiger partial charge is 0.149 e. The zero-order valence-electron chi connectivity index (χ0n) is 20.4. The van der Waals surface area contributed by atoms with Crippen molar-refractivity contribution in [1.82, 2.24) is 15.3 Å². The van der Waals surface area contributed by atoms with E-state index in [-0.39, 0.29) is 5.82 Å². The Labute approximate surface area is 202 Å². The fraction of sp³-hybridized carbons (Fsp3) is 0.615. The van der Waals surface area contributed by atoms with E-state index in [2.05, 4.69) is 32.8 Å². The summed E-state index contributed by atoms with van der Waals surface area (Å²) in [6, 6.07) is 4.98. The first-order valence-electron chi connectivity index (χ1n) is 12.5. The summed E-state index contributed by atoms with van der Waals surface area (Å²) >= 11 is 0. The Hall–Kier alpha value is -2.29. The third-order valence-corrected chi connectivity index (χ3v) is 6.86. The van der Waals surface area contributed by atoms with Crippen molar-refractivity contribution in [3.8, 4) is 11.1 Å². The minimum absolute atomic E-state index is 0.339. The van der Waals surface area contributed by atoms with Crippen molar-refractivity contribution >= 4 is 11.5 Å². The molecule has 2 fully saturated rings. The average Bonchev–Trinajstić information content (AvgIpc) is 2.86. The lowest BCUT2D eigenvalue weighted by molar-refractivity contribution is 0.0699. The van der Waals surface area contributed by atoms with Gasteiger partial charge in [-0.2, -0.15) is 0 Å². The van der Waals surface area contributed by atoms with Crippen LogP contribution in [0.4, 0.5) is 15.9 Å². The van der Waals surface area contributed by atoms with E-state index >= 15 is 0 Å². The number of hydrogen-bond donors (Lipinski definition) is 3. The van der Waals surface area contributed by atoms with Gasteiger partial charge in [0.15, 0.2) is 0 Å². The summed E-state index contributed by atoms with van der Waals surface area (Å²) in [5.41, 5.74) is 2.17. The van der Waals surface area contributed by atoms with Crippen LogP contribution in [-0.2, 0) is 9.47 Å². The zero-order valence-corrected chi connectivity index (χ0v) is 20.4. The Bertz CT molecular complexity index is 901. The molecular formula is C26H38FN5O2. The number of aromatic nitrogens is 2. The van der Waals surface area contributed by atoms with Crippen LogP contribution in [0.3, 0.4) is 0 Å². The van der Waals surface area contributed by atoms with Crippen LogP contribution in [0.2, 0.25) is 0 Å². The minimum atomic E-state index is -0.339. The quantitative estimate of drug-likeness (QED) is 0.472. The Balaban J connectivity index is 1.34. The Morgan fingerprint density at radius 2 is 1.82 bits per heavy atom. The number of halogens is 1. The predicted molar refractivity (Wildman–Crippen MR) is 134 cm³/mol. The first-order chi connectivity index (χ1) is 16.6. The number of methoxy groups -OCH3 is 1. The molecule has 0 aromatic carbocycles. The molecule has 1 aliphatic heterocycles. The summed E-state index contributed by atoms with van der Waals surface area (Å²) in [6.45, 7) is 5.41. The molecule has 4 rings (SSSR count). The Morgan fingerprint density at radius 1 is 1.06 bits per heavy atom. The molecule has 0 radical (unpaired) electrons. The van der Waals surface area contributed by atoms with Crippen molar-refractivity contribution in [2.75, 3.05) is 44.1 Å². The maximum Gasteiger partial charge on any atom is 0.149 e. The van der Waals surface area contributed by atoms with E-state index in [0.29, 0.717) is 35.4 Å². The molecule has 0 bridgehead atoms. The molecule has 3 heterocycles. The largest absolute Gasteiger partial charge is 0.384 e. The molecule has 34 heavy (non-hydrogen) atoms. The van der Waals surface area contributed by atoms with Gasteiger partial charge in [0.1, 0.15) is 11.6 Å².